The predicted molar refractivity (Wildman–Crippen MR) is 108 cm³/mol. The molecule has 1 N–H and O–H groups in total. The Kier molecular flexibility index (Phi) is 5.96. The predicted octanol–water partition coefficient (Wildman–Crippen LogP) is 3.66. The molecule has 152 valence electrons. The number of phenols is 1. The van der Waals surface area contributed by atoms with Gasteiger partial charge in [0.2, 0.25) is 5.91 Å². The lowest BCUT2D eigenvalue weighted by atomic mass is 9.94. The van der Waals surface area contributed by atoms with E-state index < -0.39 is 5.60 Å². The second kappa shape index (κ2) is 8.25. The van der Waals surface area contributed by atoms with Gasteiger partial charge in [0.05, 0.1) is 5.92 Å². The Balaban J connectivity index is 1.58. The smallest absolute Gasteiger partial charge is 0.410 e. The maximum absolute atomic E-state index is 13.0. The number of ether oxygens (including phenoxy) is 1. The Hall–Kier alpha value is -2.50. The highest BCUT2D eigenvalue weighted by Crippen LogP contribution is 2.26. The Bertz CT molecular complexity index is 749. The van der Waals surface area contributed by atoms with Crippen LogP contribution in [-0.4, -0.2) is 58.7 Å². The van der Waals surface area contributed by atoms with Crippen molar-refractivity contribution in [1.82, 2.24) is 9.80 Å². The molecule has 0 bridgehead atoms. The van der Waals surface area contributed by atoms with Gasteiger partial charge in [-0.25, -0.2) is 4.79 Å². The van der Waals surface area contributed by atoms with Crippen molar-refractivity contribution in [3.8, 4) is 5.75 Å². The fourth-order valence-corrected chi connectivity index (χ4v) is 3.74. The fourth-order valence-electron chi connectivity index (χ4n) is 3.74. The molecule has 28 heavy (non-hydrogen) atoms. The highest BCUT2D eigenvalue weighted by molar-refractivity contribution is 5.81. The third-order valence-corrected chi connectivity index (χ3v) is 5.18. The zero-order valence-electron chi connectivity index (χ0n) is 17.0. The summed E-state index contributed by atoms with van der Waals surface area (Å²) in [6.07, 6.45) is 4.17. The van der Waals surface area contributed by atoms with Crippen LogP contribution in [0.15, 0.2) is 30.3 Å². The Labute approximate surface area is 166 Å². The number of aromatic hydroxyl groups is 1. The van der Waals surface area contributed by atoms with Gasteiger partial charge in [-0.1, -0.05) is 18.2 Å². The van der Waals surface area contributed by atoms with Crippen LogP contribution in [0.5, 0.6) is 5.75 Å². The van der Waals surface area contributed by atoms with E-state index >= 15 is 0 Å². The minimum absolute atomic E-state index is 0.120. The van der Waals surface area contributed by atoms with Crippen molar-refractivity contribution in [3.63, 3.8) is 0 Å². The lowest BCUT2D eigenvalue weighted by Crippen LogP contribution is -2.48. The average Bonchev–Trinajstić information content (AvgIpc) is 2.67. The van der Waals surface area contributed by atoms with Gasteiger partial charge in [-0.3, -0.25) is 4.79 Å². The molecular formula is C22H30N2O4. The first kappa shape index (κ1) is 20.2. The topological polar surface area (TPSA) is 70.1 Å². The number of amides is 2. The van der Waals surface area contributed by atoms with E-state index in [9.17, 15) is 14.7 Å². The van der Waals surface area contributed by atoms with Gasteiger partial charge in [-0.2, -0.15) is 0 Å². The third-order valence-electron chi connectivity index (χ3n) is 5.18. The monoisotopic (exact) mass is 386 g/mol. The molecule has 0 spiro atoms. The van der Waals surface area contributed by atoms with Crippen LogP contribution in [0.25, 0.3) is 5.57 Å². The van der Waals surface area contributed by atoms with Gasteiger partial charge in [0.25, 0.3) is 0 Å². The van der Waals surface area contributed by atoms with Crippen molar-refractivity contribution < 1.29 is 19.4 Å². The van der Waals surface area contributed by atoms with Gasteiger partial charge < -0.3 is 19.6 Å². The van der Waals surface area contributed by atoms with Crippen molar-refractivity contribution in [2.45, 2.75) is 45.6 Å². The quantitative estimate of drug-likeness (QED) is 0.842. The van der Waals surface area contributed by atoms with Crippen LogP contribution >= 0.6 is 0 Å². The van der Waals surface area contributed by atoms with Crippen LogP contribution in [-0.2, 0) is 9.53 Å². The molecular weight excluding hydrogens is 356 g/mol. The molecule has 0 aromatic heterocycles. The molecule has 2 aliphatic rings. The maximum atomic E-state index is 13.0. The zero-order valence-corrected chi connectivity index (χ0v) is 17.0. The SMILES string of the molecule is CC(C)(C)OC(=O)N1CCC[C@H](C(=O)N2CC=C(c3ccc(O)cc3)CC2)C1. The van der Waals surface area contributed by atoms with E-state index in [2.05, 4.69) is 6.08 Å². The van der Waals surface area contributed by atoms with Crippen molar-refractivity contribution in [3.05, 3.63) is 35.9 Å². The molecule has 0 saturated carbocycles. The highest BCUT2D eigenvalue weighted by atomic mass is 16.6. The van der Waals surface area contributed by atoms with Gasteiger partial charge in [0, 0.05) is 26.2 Å². The lowest BCUT2D eigenvalue weighted by molar-refractivity contribution is -0.136. The van der Waals surface area contributed by atoms with E-state index in [1.807, 2.05) is 37.8 Å². The summed E-state index contributed by atoms with van der Waals surface area (Å²) in [6.45, 7) is 7.88. The molecule has 1 atom stereocenters. The second-order valence-corrected chi connectivity index (χ2v) is 8.58. The van der Waals surface area contributed by atoms with Crippen LogP contribution < -0.4 is 0 Å². The van der Waals surface area contributed by atoms with Crippen molar-refractivity contribution in [2.24, 2.45) is 5.92 Å². The van der Waals surface area contributed by atoms with Crippen molar-refractivity contribution >= 4 is 17.6 Å². The summed E-state index contributed by atoms with van der Waals surface area (Å²) in [4.78, 5) is 28.9. The first-order valence-electron chi connectivity index (χ1n) is 9.98. The van der Waals surface area contributed by atoms with E-state index in [1.54, 1.807) is 17.0 Å². The molecule has 2 heterocycles. The van der Waals surface area contributed by atoms with Crippen LogP contribution in [0.4, 0.5) is 4.79 Å². The zero-order chi connectivity index (χ0) is 20.3. The van der Waals surface area contributed by atoms with E-state index in [0.29, 0.717) is 26.2 Å². The van der Waals surface area contributed by atoms with E-state index in [1.165, 1.54) is 5.57 Å². The number of carbonyl (C=O) groups is 2. The maximum Gasteiger partial charge on any atom is 0.410 e. The molecule has 2 amide bonds. The number of likely N-dealkylation sites (tertiary alicyclic amines) is 1. The summed E-state index contributed by atoms with van der Waals surface area (Å²) in [5.74, 6) is 0.211. The minimum Gasteiger partial charge on any atom is -0.508 e. The summed E-state index contributed by atoms with van der Waals surface area (Å²) in [6, 6.07) is 7.17. The summed E-state index contributed by atoms with van der Waals surface area (Å²) < 4.78 is 5.46. The van der Waals surface area contributed by atoms with Crippen LogP contribution in [0.1, 0.15) is 45.6 Å². The van der Waals surface area contributed by atoms with Gasteiger partial charge in [0.1, 0.15) is 11.4 Å². The number of hydrogen-bond acceptors (Lipinski definition) is 4. The fraction of sp³-hybridized carbons (Fsp3) is 0.545. The molecule has 1 aromatic rings. The van der Waals surface area contributed by atoms with Crippen molar-refractivity contribution in [2.75, 3.05) is 26.2 Å². The molecule has 1 aromatic carbocycles. The largest absolute Gasteiger partial charge is 0.508 e. The number of nitrogens with zero attached hydrogens (tertiary/aromatic N) is 2. The third kappa shape index (κ3) is 5.06. The highest BCUT2D eigenvalue weighted by Gasteiger charge is 2.33. The summed E-state index contributed by atoms with van der Waals surface area (Å²) in [7, 11) is 0. The normalized spacial score (nSPS) is 20.5. The lowest BCUT2D eigenvalue weighted by Gasteiger charge is -2.36. The summed E-state index contributed by atoms with van der Waals surface area (Å²) >= 11 is 0. The molecule has 3 rings (SSSR count). The Morgan fingerprint density at radius 3 is 2.43 bits per heavy atom. The second-order valence-electron chi connectivity index (χ2n) is 8.58. The van der Waals surface area contributed by atoms with Gasteiger partial charge in [0.15, 0.2) is 0 Å². The summed E-state index contributed by atoms with van der Waals surface area (Å²) in [5.41, 5.74) is 1.75. The minimum atomic E-state index is -0.531. The molecule has 2 aliphatic heterocycles. The first-order chi connectivity index (χ1) is 13.2. The number of carbonyl (C=O) groups excluding carboxylic acids is 2. The number of benzene rings is 1. The van der Waals surface area contributed by atoms with Crippen LogP contribution in [0.3, 0.4) is 0 Å². The standard InChI is InChI=1S/C22H30N2O4/c1-22(2,3)28-21(27)24-12-4-5-18(15-24)20(26)23-13-10-17(11-14-23)16-6-8-19(25)9-7-16/h6-10,18,25H,4-5,11-15H2,1-3H3/t18-/m0/s1. The van der Waals surface area contributed by atoms with Gasteiger partial charge in [-0.05, 0) is 63.3 Å². The molecule has 1 saturated heterocycles. The molecule has 0 aliphatic carbocycles. The Morgan fingerprint density at radius 1 is 1.11 bits per heavy atom. The van der Waals surface area contributed by atoms with Crippen LogP contribution in [0.2, 0.25) is 0 Å². The van der Waals surface area contributed by atoms with E-state index in [0.717, 1.165) is 24.8 Å². The number of piperidine rings is 1. The number of phenolic OH excluding ortho intramolecular Hbond substituents is 1. The van der Waals surface area contributed by atoms with Crippen LogP contribution in [0, 0.1) is 5.92 Å². The molecule has 0 unspecified atom stereocenters. The molecule has 6 heteroatoms. The average molecular weight is 386 g/mol. The van der Waals surface area contributed by atoms with Gasteiger partial charge in [-0.15, -0.1) is 0 Å². The van der Waals surface area contributed by atoms with E-state index in [4.69, 9.17) is 4.74 Å². The summed E-state index contributed by atoms with van der Waals surface area (Å²) in [5, 5.41) is 9.43. The van der Waals surface area contributed by atoms with E-state index in [-0.39, 0.29) is 23.7 Å². The number of hydrogen-bond donors (Lipinski definition) is 1. The van der Waals surface area contributed by atoms with Crippen molar-refractivity contribution in [1.29, 1.82) is 0 Å². The molecule has 6 nitrogen and oxygen atoms in total. The molecule has 1 fully saturated rings. The first-order valence-corrected chi connectivity index (χ1v) is 9.98. The Morgan fingerprint density at radius 2 is 1.82 bits per heavy atom. The number of rotatable bonds is 2. The molecule has 0 radical (unpaired) electrons. The van der Waals surface area contributed by atoms with Gasteiger partial charge >= 0.3 is 6.09 Å².